The summed E-state index contributed by atoms with van der Waals surface area (Å²) in [6.07, 6.45) is 0.662. The summed E-state index contributed by atoms with van der Waals surface area (Å²) in [5, 5.41) is 14.2. The Morgan fingerprint density at radius 3 is 2.76 bits per heavy atom. The number of nitrogens with zero attached hydrogens (tertiary/aromatic N) is 4. The second-order valence-electron chi connectivity index (χ2n) is 4.51. The Morgan fingerprint density at radius 2 is 2.14 bits per heavy atom. The molecule has 8 heteroatoms. The van der Waals surface area contributed by atoms with Crippen LogP contribution < -0.4 is 5.32 Å². The molecule has 1 amide bonds. The van der Waals surface area contributed by atoms with Gasteiger partial charge in [0.1, 0.15) is 5.82 Å². The molecule has 2 aromatic rings. The zero-order valence-electron chi connectivity index (χ0n) is 11.8. The lowest BCUT2D eigenvalue weighted by molar-refractivity contribution is -0.120. The lowest BCUT2D eigenvalue weighted by atomic mass is 10.1. The molecule has 1 atom stereocenters. The van der Waals surface area contributed by atoms with Crippen LogP contribution in [0.3, 0.4) is 0 Å². The van der Waals surface area contributed by atoms with E-state index in [1.807, 2.05) is 0 Å². The smallest absolute Gasteiger partial charge is 0.233 e. The van der Waals surface area contributed by atoms with Crippen molar-refractivity contribution in [2.45, 2.75) is 23.8 Å². The van der Waals surface area contributed by atoms with Crippen LogP contribution in [0.1, 0.15) is 12.5 Å². The molecule has 0 radical (unpaired) electrons. The van der Waals surface area contributed by atoms with Gasteiger partial charge in [-0.25, -0.2) is 9.07 Å². The van der Waals surface area contributed by atoms with Gasteiger partial charge in [-0.1, -0.05) is 23.9 Å². The molecule has 21 heavy (non-hydrogen) atoms. The lowest BCUT2D eigenvalue weighted by Crippen LogP contribution is -2.32. The zero-order valence-corrected chi connectivity index (χ0v) is 12.6. The van der Waals surface area contributed by atoms with Crippen molar-refractivity contribution in [3.63, 3.8) is 0 Å². The third kappa shape index (κ3) is 4.52. The molecule has 0 saturated carbocycles. The SMILES string of the molecule is C[C@H](Sc1nnnn1C)C(=O)NCCc1ccc(F)cc1. The fourth-order valence-corrected chi connectivity index (χ4v) is 2.44. The monoisotopic (exact) mass is 309 g/mol. The predicted octanol–water partition coefficient (Wildman–Crippen LogP) is 1.19. The molecule has 1 aromatic heterocycles. The van der Waals surface area contributed by atoms with Gasteiger partial charge < -0.3 is 5.32 Å². The molecule has 112 valence electrons. The summed E-state index contributed by atoms with van der Waals surface area (Å²) in [6.45, 7) is 2.30. The number of amides is 1. The lowest BCUT2D eigenvalue weighted by Gasteiger charge is -2.10. The van der Waals surface area contributed by atoms with Crippen LogP contribution in [0.2, 0.25) is 0 Å². The molecule has 0 aliphatic rings. The van der Waals surface area contributed by atoms with Crippen LogP contribution in [0.4, 0.5) is 4.39 Å². The molecule has 2 rings (SSSR count). The van der Waals surface area contributed by atoms with Crippen LogP contribution in [0.15, 0.2) is 29.4 Å². The minimum absolute atomic E-state index is 0.0786. The summed E-state index contributed by atoms with van der Waals surface area (Å²) in [5.41, 5.74) is 0.981. The Bertz CT molecular complexity index is 601. The minimum Gasteiger partial charge on any atom is -0.355 e. The first-order valence-electron chi connectivity index (χ1n) is 6.47. The number of rotatable bonds is 6. The van der Waals surface area contributed by atoms with Gasteiger partial charge in [-0.3, -0.25) is 4.79 Å². The van der Waals surface area contributed by atoms with Crippen LogP contribution in [-0.4, -0.2) is 37.9 Å². The minimum atomic E-state index is -0.289. The van der Waals surface area contributed by atoms with Crippen LogP contribution in [0.5, 0.6) is 0 Å². The number of halogens is 1. The van der Waals surface area contributed by atoms with E-state index in [2.05, 4.69) is 20.8 Å². The number of benzene rings is 1. The maximum absolute atomic E-state index is 12.8. The number of carbonyl (C=O) groups excluding carboxylic acids is 1. The average Bonchev–Trinajstić information content (AvgIpc) is 2.86. The summed E-state index contributed by atoms with van der Waals surface area (Å²) < 4.78 is 14.3. The number of tetrazole rings is 1. The van der Waals surface area contributed by atoms with E-state index in [0.29, 0.717) is 18.1 Å². The Kier molecular flexibility index (Phi) is 5.26. The highest BCUT2D eigenvalue weighted by Crippen LogP contribution is 2.19. The Labute approximate surface area is 126 Å². The Morgan fingerprint density at radius 1 is 1.43 bits per heavy atom. The first-order valence-corrected chi connectivity index (χ1v) is 7.35. The molecule has 0 aliphatic heterocycles. The fraction of sp³-hybridized carbons (Fsp3) is 0.385. The van der Waals surface area contributed by atoms with E-state index < -0.39 is 0 Å². The number of aryl methyl sites for hydroxylation is 1. The van der Waals surface area contributed by atoms with Gasteiger partial charge in [0, 0.05) is 13.6 Å². The van der Waals surface area contributed by atoms with Crippen LogP contribution in [0.25, 0.3) is 0 Å². The van der Waals surface area contributed by atoms with Crippen LogP contribution >= 0.6 is 11.8 Å². The van der Waals surface area contributed by atoms with Crippen molar-refractivity contribution in [2.24, 2.45) is 7.05 Å². The van der Waals surface area contributed by atoms with Gasteiger partial charge in [-0.15, -0.1) is 5.10 Å². The highest BCUT2D eigenvalue weighted by molar-refractivity contribution is 8.00. The van der Waals surface area contributed by atoms with Gasteiger partial charge in [-0.05, 0) is 41.5 Å². The van der Waals surface area contributed by atoms with E-state index in [1.165, 1.54) is 28.6 Å². The molecule has 0 bridgehead atoms. The molecule has 0 spiro atoms. The molecule has 1 aromatic carbocycles. The molecule has 0 aliphatic carbocycles. The first-order chi connectivity index (χ1) is 10.1. The summed E-state index contributed by atoms with van der Waals surface area (Å²) in [5.74, 6) is -0.338. The highest BCUT2D eigenvalue weighted by Gasteiger charge is 2.16. The number of thioether (sulfide) groups is 1. The van der Waals surface area contributed by atoms with Crippen molar-refractivity contribution < 1.29 is 9.18 Å². The van der Waals surface area contributed by atoms with E-state index in [0.717, 1.165) is 5.56 Å². The molecule has 6 nitrogen and oxygen atoms in total. The number of aromatic nitrogens is 4. The van der Waals surface area contributed by atoms with E-state index in [9.17, 15) is 9.18 Å². The number of hydrogen-bond donors (Lipinski definition) is 1. The van der Waals surface area contributed by atoms with Gasteiger partial charge >= 0.3 is 0 Å². The molecule has 0 unspecified atom stereocenters. The molecule has 1 N–H and O–H groups in total. The quantitative estimate of drug-likeness (QED) is 0.812. The topological polar surface area (TPSA) is 72.7 Å². The molecule has 0 saturated heterocycles. The summed E-state index contributed by atoms with van der Waals surface area (Å²) in [4.78, 5) is 12.0. The number of carbonyl (C=O) groups is 1. The third-order valence-electron chi connectivity index (χ3n) is 2.86. The van der Waals surface area contributed by atoms with Gasteiger partial charge in [0.25, 0.3) is 0 Å². The second kappa shape index (κ2) is 7.16. The standard InChI is InChI=1S/C13H16FN5OS/c1-9(21-13-16-17-18-19(13)2)12(20)15-8-7-10-3-5-11(14)6-4-10/h3-6,9H,7-8H2,1-2H3,(H,15,20)/t9-/m0/s1. The van der Waals surface area contributed by atoms with E-state index in [4.69, 9.17) is 0 Å². The second-order valence-corrected chi connectivity index (χ2v) is 5.82. The summed E-state index contributed by atoms with van der Waals surface area (Å²) >= 11 is 1.30. The van der Waals surface area contributed by atoms with Crippen molar-refractivity contribution in [3.8, 4) is 0 Å². The van der Waals surface area contributed by atoms with Crippen molar-refractivity contribution in [1.82, 2.24) is 25.5 Å². The van der Waals surface area contributed by atoms with Crippen molar-refractivity contribution in [3.05, 3.63) is 35.6 Å². The largest absolute Gasteiger partial charge is 0.355 e. The highest BCUT2D eigenvalue weighted by atomic mass is 32.2. The summed E-state index contributed by atoms with van der Waals surface area (Å²) in [7, 11) is 1.72. The van der Waals surface area contributed by atoms with Crippen LogP contribution in [-0.2, 0) is 18.3 Å². The molecular formula is C13H16FN5OS. The molecule has 1 heterocycles. The van der Waals surface area contributed by atoms with E-state index in [1.54, 1.807) is 26.1 Å². The average molecular weight is 309 g/mol. The van der Waals surface area contributed by atoms with Crippen LogP contribution in [0, 0.1) is 5.82 Å². The Balaban J connectivity index is 1.76. The van der Waals surface area contributed by atoms with Crippen molar-refractivity contribution in [2.75, 3.05) is 6.54 Å². The molecular weight excluding hydrogens is 293 g/mol. The third-order valence-corrected chi connectivity index (χ3v) is 3.98. The van der Waals surface area contributed by atoms with Gasteiger partial charge in [0.15, 0.2) is 0 Å². The maximum Gasteiger partial charge on any atom is 0.233 e. The summed E-state index contributed by atoms with van der Waals surface area (Å²) in [6, 6.07) is 6.25. The molecule has 0 fully saturated rings. The van der Waals surface area contributed by atoms with E-state index in [-0.39, 0.29) is 17.0 Å². The normalized spacial score (nSPS) is 12.1. The maximum atomic E-state index is 12.8. The number of nitrogens with one attached hydrogen (secondary N) is 1. The van der Waals surface area contributed by atoms with Gasteiger partial charge in [0.05, 0.1) is 5.25 Å². The van der Waals surface area contributed by atoms with Crippen molar-refractivity contribution in [1.29, 1.82) is 0 Å². The van der Waals surface area contributed by atoms with Gasteiger partial charge in [-0.2, -0.15) is 0 Å². The first kappa shape index (κ1) is 15.4. The number of hydrogen-bond acceptors (Lipinski definition) is 5. The van der Waals surface area contributed by atoms with Crippen molar-refractivity contribution >= 4 is 17.7 Å². The Hall–Kier alpha value is -1.96. The predicted molar refractivity (Wildman–Crippen MR) is 77.2 cm³/mol. The van der Waals surface area contributed by atoms with Gasteiger partial charge in [0.2, 0.25) is 11.1 Å². The van der Waals surface area contributed by atoms with E-state index >= 15 is 0 Å². The fourth-order valence-electron chi connectivity index (χ4n) is 1.66. The zero-order chi connectivity index (χ0) is 15.2.